The molecule has 1 rings (SSSR count). The van der Waals surface area contributed by atoms with Crippen LogP contribution in [0.4, 0.5) is 0 Å². The molecule has 0 aliphatic heterocycles. The second kappa shape index (κ2) is 4.21. The first-order valence-electron chi connectivity index (χ1n) is 3.72. The van der Waals surface area contributed by atoms with E-state index >= 15 is 0 Å². The molecule has 0 fully saturated rings. The molecule has 1 aromatic carbocycles. The van der Waals surface area contributed by atoms with Gasteiger partial charge in [-0.3, -0.25) is 4.79 Å². The van der Waals surface area contributed by atoms with Crippen LogP contribution in [0.1, 0.15) is 11.7 Å². The molecule has 1 atom stereocenters. The maximum absolute atomic E-state index is 10.3. The van der Waals surface area contributed by atoms with E-state index in [-0.39, 0.29) is 5.57 Å². The van der Waals surface area contributed by atoms with Gasteiger partial charge < -0.3 is 5.11 Å². The molecular formula is C10H9ClO2. The number of halogens is 1. The summed E-state index contributed by atoms with van der Waals surface area (Å²) in [6.45, 7) is 3.42. The van der Waals surface area contributed by atoms with Crippen LogP contribution in [0.25, 0.3) is 0 Å². The average Bonchev–Trinajstić information content (AvgIpc) is 2.17. The van der Waals surface area contributed by atoms with Crippen molar-refractivity contribution in [2.24, 2.45) is 0 Å². The zero-order chi connectivity index (χ0) is 9.84. The van der Waals surface area contributed by atoms with Gasteiger partial charge in [0, 0.05) is 10.6 Å². The summed E-state index contributed by atoms with van der Waals surface area (Å²) in [4.78, 5) is 10.3. The summed E-state index contributed by atoms with van der Waals surface area (Å²) in [6.07, 6.45) is -0.394. The molecule has 2 nitrogen and oxygen atoms in total. The topological polar surface area (TPSA) is 37.3 Å². The lowest BCUT2D eigenvalue weighted by Crippen LogP contribution is -2.00. The van der Waals surface area contributed by atoms with E-state index in [4.69, 9.17) is 11.6 Å². The number of hydrogen-bond acceptors (Lipinski definition) is 2. The van der Waals surface area contributed by atoms with Gasteiger partial charge in [0.2, 0.25) is 0 Å². The standard InChI is InChI=1S/C10H9ClO2/c1-7(6-12)10(13)8-2-4-9(11)5-3-8/h2-6,10,13H,1H2. The molecule has 0 aliphatic rings. The minimum Gasteiger partial charge on any atom is -0.384 e. The lowest BCUT2D eigenvalue weighted by atomic mass is 10.0. The summed E-state index contributed by atoms with van der Waals surface area (Å²) in [5, 5.41) is 10.1. The van der Waals surface area contributed by atoms with Crippen LogP contribution in [-0.4, -0.2) is 11.4 Å². The molecule has 0 spiro atoms. The van der Waals surface area contributed by atoms with Gasteiger partial charge in [-0.25, -0.2) is 0 Å². The maximum atomic E-state index is 10.3. The third-order valence-electron chi connectivity index (χ3n) is 1.69. The summed E-state index contributed by atoms with van der Waals surface area (Å²) in [5.74, 6) is 0. The predicted octanol–water partition coefficient (Wildman–Crippen LogP) is 2.13. The lowest BCUT2D eigenvalue weighted by Gasteiger charge is -2.08. The molecule has 3 heteroatoms. The summed E-state index contributed by atoms with van der Waals surface area (Å²) in [6, 6.07) is 6.61. The quantitative estimate of drug-likeness (QED) is 0.594. The van der Waals surface area contributed by atoms with Crippen molar-refractivity contribution in [1.82, 2.24) is 0 Å². The number of carbonyl (C=O) groups is 1. The van der Waals surface area contributed by atoms with Gasteiger partial charge >= 0.3 is 0 Å². The summed E-state index contributed by atoms with van der Waals surface area (Å²) < 4.78 is 0. The van der Waals surface area contributed by atoms with E-state index in [1.807, 2.05) is 0 Å². The van der Waals surface area contributed by atoms with E-state index in [1.165, 1.54) is 0 Å². The van der Waals surface area contributed by atoms with Gasteiger partial charge in [0.05, 0.1) is 0 Å². The molecule has 0 bridgehead atoms. The second-order valence-corrected chi connectivity index (χ2v) is 3.08. The fraction of sp³-hybridized carbons (Fsp3) is 0.100. The van der Waals surface area contributed by atoms with Crippen molar-refractivity contribution in [3.8, 4) is 0 Å². The Labute approximate surface area is 81.5 Å². The zero-order valence-corrected chi connectivity index (χ0v) is 7.66. The van der Waals surface area contributed by atoms with E-state index in [0.717, 1.165) is 0 Å². The first-order chi connectivity index (χ1) is 6.15. The van der Waals surface area contributed by atoms with Crippen LogP contribution in [0, 0.1) is 0 Å². The average molecular weight is 197 g/mol. The van der Waals surface area contributed by atoms with Crippen molar-refractivity contribution in [1.29, 1.82) is 0 Å². The molecular weight excluding hydrogens is 188 g/mol. The van der Waals surface area contributed by atoms with E-state index < -0.39 is 6.10 Å². The minimum absolute atomic E-state index is 0.141. The van der Waals surface area contributed by atoms with E-state index in [0.29, 0.717) is 16.9 Å². The molecule has 1 N–H and O–H groups in total. The monoisotopic (exact) mass is 196 g/mol. The first kappa shape index (κ1) is 9.96. The van der Waals surface area contributed by atoms with Crippen LogP contribution >= 0.6 is 11.6 Å². The molecule has 0 saturated heterocycles. The summed E-state index contributed by atoms with van der Waals surface area (Å²) in [7, 11) is 0. The van der Waals surface area contributed by atoms with Gasteiger partial charge in [-0.05, 0) is 17.7 Å². The van der Waals surface area contributed by atoms with E-state index in [9.17, 15) is 9.90 Å². The van der Waals surface area contributed by atoms with Crippen LogP contribution < -0.4 is 0 Å². The lowest BCUT2D eigenvalue weighted by molar-refractivity contribution is -0.105. The van der Waals surface area contributed by atoms with Crippen molar-refractivity contribution < 1.29 is 9.90 Å². The molecule has 0 radical (unpaired) electrons. The predicted molar refractivity (Wildman–Crippen MR) is 51.6 cm³/mol. The highest BCUT2D eigenvalue weighted by Crippen LogP contribution is 2.20. The largest absolute Gasteiger partial charge is 0.384 e. The third kappa shape index (κ3) is 2.41. The van der Waals surface area contributed by atoms with Gasteiger partial charge in [-0.2, -0.15) is 0 Å². The van der Waals surface area contributed by atoms with Crippen LogP contribution in [0.15, 0.2) is 36.4 Å². The Balaban J connectivity index is 2.89. The number of rotatable bonds is 3. The van der Waals surface area contributed by atoms with Crippen molar-refractivity contribution >= 4 is 17.9 Å². The molecule has 1 unspecified atom stereocenters. The first-order valence-corrected chi connectivity index (χ1v) is 4.10. The highest BCUT2D eigenvalue weighted by atomic mass is 35.5. The van der Waals surface area contributed by atoms with E-state index in [2.05, 4.69) is 6.58 Å². The normalized spacial score (nSPS) is 12.2. The van der Waals surface area contributed by atoms with Crippen molar-refractivity contribution in [2.75, 3.05) is 0 Å². The highest BCUT2D eigenvalue weighted by Gasteiger charge is 2.09. The Morgan fingerprint density at radius 1 is 1.46 bits per heavy atom. The van der Waals surface area contributed by atoms with Gasteiger partial charge in [-0.15, -0.1) is 0 Å². The van der Waals surface area contributed by atoms with E-state index in [1.54, 1.807) is 24.3 Å². The zero-order valence-electron chi connectivity index (χ0n) is 6.90. The van der Waals surface area contributed by atoms with Crippen LogP contribution in [0.2, 0.25) is 5.02 Å². The van der Waals surface area contributed by atoms with Crippen LogP contribution in [-0.2, 0) is 4.79 Å². The van der Waals surface area contributed by atoms with Crippen LogP contribution in [0.3, 0.4) is 0 Å². The van der Waals surface area contributed by atoms with Gasteiger partial charge in [0.25, 0.3) is 0 Å². The molecule has 68 valence electrons. The molecule has 1 aromatic rings. The fourth-order valence-corrected chi connectivity index (χ4v) is 1.05. The Hall–Kier alpha value is -1.12. The molecule has 0 aromatic heterocycles. The van der Waals surface area contributed by atoms with Crippen molar-refractivity contribution in [2.45, 2.75) is 6.10 Å². The number of benzene rings is 1. The van der Waals surface area contributed by atoms with Crippen molar-refractivity contribution in [3.63, 3.8) is 0 Å². The number of carbonyl (C=O) groups excluding carboxylic acids is 1. The summed E-state index contributed by atoms with van der Waals surface area (Å²) in [5.41, 5.74) is 0.754. The molecule has 0 heterocycles. The molecule has 0 aliphatic carbocycles. The Morgan fingerprint density at radius 3 is 2.46 bits per heavy atom. The molecule has 0 amide bonds. The third-order valence-corrected chi connectivity index (χ3v) is 1.94. The number of aliphatic hydroxyl groups is 1. The maximum Gasteiger partial charge on any atom is 0.148 e. The molecule has 13 heavy (non-hydrogen) atoms. The Morgan fingerprint density at radius 2 is 2.00 bits per heavy atom. The number of aliphatic hydroxyl groups excluding tert-OH is 1. The van der Waals surface area contributed by atoms with Gasteiger partial charge in [0.15, 0.2) is 0 Å². The second-order valence-electron chi connectivity index (χ2n) is 2.65. The minimum atomic E-state index is -0.935. The van der Waals surface area contributed by atoms with Gasteiger partial charge in [-0.1, -0.05) is 30.3 Å². The fourth-order valence-electron chi connectivity index (χ4n) is 0.924. The smallest absolute Gasteiger partial charge is 0.148 e. The number of aldehydes is 1. The molecule has 0 saturated carbocycles. The SMILES string of the molecule is C=C(C=O)C(O)c1ccc(Cl)cc1. The van der Waals surface area contributed by atoms with Crippen LogP contribution in [0.5, 0.6) is 0 Å². The number of hydrogen-bond donors (Lipinski definition) is 1. The Bertz CT molecular complexity index is 316. The van der Waals surface area contributed by atoms with Crippen molar-refractivity contribution in [3.05, 3.63) is 47.0 Å². The van der Waals surface area contributed by atoms with Gasteiger partial charge in [0.1, 0.15) is 12.4 Å². The summed E-state index contributed by atoms with van der Waals surface area (Å²) >= 11 is 5.66. The Kier molecular flexibility index (Phi) is 3.23. The highest BCUT2D eigenvalue weighted by molar-refractivity contribution is 6.30.